The first-order chi connectivity index (χ1) is 11.7. The number of aromatic nitrogens is 3. The molecule has 0 radical (unpaired) electrons. The van der Waals surface area contributed by atoms with Crippen molar-refractivity contribution < 1.29 is 4.74 Å². The van der Waals surface area contributed by atoms with Crippen LogP contribution in [-0.2, 0) is 5.41 Å². The van der Waals surface area contributed by atoms with Gasteiger partial charge >= 0.3 is 5.69 Å². The summed E-state index contributed by atoms with van der Waals surface area (Å²) in [4.78, 5) is 30.4. The van der Waals surface area contributed by atoms with E-state index in [1.807, 2.05) is 26.8 Å². The molecule has 2 heterocycles. The van der Waals surface area contributed by atoms with E-state index in [1.54, 1.807) is 19.2 Å². The lowest BCUT2D eigenvalue weighted by Crippen LogP contribution is -2.28. The minimum Gasteiger partial charge on any atom is -0.494 e. The maximum absolute atomic E-state index is 12.3. The Kier molecular flexibility index (Phi) is 4.16. The van der Waals surface area contributed by atoms with E-state index < -0.39 is 11.2 Å². The Morgan fingerprint density at radius 1 is 1.20 bits per heavy atom. The fraction of sp³-hybridized carbons (Fsp3) is 0.278. The molecule has 3 rings (SSSR count). The van der Waals surface area contributed by atoms with Gasteiger partial charge in [0.25, 0.3) is 5.56 Å². The lowest BCUT2D eigenvalue weighted by atomic mass is 9.85. The van der Waals surface area contributed by atoms with E-state index in [4.69, 9.17) is 16.3 Å². The van der Waals surface area contributed by atoms with Crippen LogP contribution >= 0.6 is 11.6 Å². The van der Waals surface area contributed by atoms with E-state index in [0.717, 1.165) is 5.56 Å². The second-order valence-electron chi connectivity index (χ2n) is 6.74. The van der Waals surface area contributed by atoms with Crippen molar-refractivity contribution in [2.24, 2.45) is 0 Å². The van der Waals surface area contributed by atoms with Crippen molar-refractivity contribution in [1.29, 1.82) is 0 Å². The molecule has 0 atom stereocenters. The van der Waals surface area contributed by atoms with Crippen molar-refractivity contribution in [3.63, 3.8) is 0 Å². The highest BCUT2D eigenvalue weighted by Gasteiger charge is 2.24. The van der Waals surface area contributed by atoms with Gasteiger partial charge in [-0.3, -0.25) is 14.3 Å². The summed E-state index contributed by atoms with van der Waals surface area (Å²) in [6, 6.07) is 6.63. The van der Waals surface area contributed by atoms with Crippen LogP contribution in [0.25, 0.3) is 16.6 Å². The van der Waals surface area contributed by atoms with Crippen molar-refractivity contribution in [2.75, 3.05) is 7.11 Å². The van der Waals surface area contributed by atoms with Crippen LogP contribution in [0.4, 0.5) is 0 Å². The summed E-state index contributed by atoms with van der Waals surface area (Å²) in [5.74, 6) is 0.617. The third-order valence-corrected chi connectivity index (χ3v) is 4.18. The van der Waals surface area contributed by atoms with Crippen LogP contribution in [-0.4, -0.2) is 21.6 Å². The Balaban J connectivity index is 2.51. The highest BCUT2D eigenvalue weighted by atomic mass is 35.5. The zero-order valence-corrected chi connectivity index (χ0v) is 15.1. The van der Waals surface area contributed by atoms with Gasteiger partial charge in [0.15, 0.2) is 0 Å². The Hall–Kier alpha value is -2.60. The summed E-state index contributed by atoms with van der Waals surface area (Å²) in [5, 5.41) is 1.03. The predicted octanol–water partition coefficient (Wildman–Crippen LogP) is 3.03. The van der Waals surface area contributed by atoms with Crippen LogP contribution in [0, 0.1) is 0 Å². The molecule has 6 nitrogen and oxygen atoms in total. The van der Waals surface area contributed by atoms with Gasteiger partial charge in [-0.1, -0.05) is 32.4 Å². The Bertz CT molecular complexity index is 1080. The zero-order chi connectivity index (χ0) is 18.4. The molecule has 0 saturated heterocycles. The van der Waals surface area contributed by atoms with Gasteiger partial charge in [-0.25, -0.2) is 9.78 Å². The maximum Gasteiger partial charge on any atom is 0.332 e. The molecule has 1 N–H and O–H groups in total. The highest BCUT2D eigenvalue weighted by molar-refractivity contribution is 6.29. The second kappa shape index (κ2) is 6.04. The molecule has 3 aromatic rings. The van der Waals surface area contributed by atoms with Crippen LogP contribution in [0.1, 0.15) is 26.3 Å². The number of hydrogen-bond acceptors (Lipinski definition) is 4. The zero-order valence-electron chi connectivity index (χ0n) is 14.4. The quantitative estimate of drug-likeness (QED) is 0.713. The monoisotopic (exact) mass is 359 g/mol. The summed E-state index contributed by atoms with van der Waals surface area (Å²) >= 11 is 6.08. The topological polar surface area (TPSA) is 77.0 Å². The standard InChI is InChI=1S/C18H18ClN3O3/c1-18(2,3)11-9-12(22-8-7-14(23)21-17(22)24)10-5-6-13(19)20-15(10)16(11)25-4/h5-9H,1-4H3,(H,21,23,24). The number of rotatable bonds is 2. The molecule has 0 spiro atoms. The summed E-state index contributed by atoms with van der Waals surface area (Å²) in [6.45, 7) is 6.13. The van der Waals surface area contributed by atoms with Gasteiger partial charge in [0.05, 0.1) is 12.8 Å². The summed E-state index contributed by atoms with van der Waals surface area (Å²) in [6.07, 6.45) is 1.45. The minimum absolute atomic E-state index is 0.260. The first-order valence-electron chi connectivity index (χ1n) is 7.72. The van der Waals surface area contributed by atoms with Gasteiger partial charge in [-0.15, -0.1) is 0 Å². The third kappa shape index (κ3) is 3.05. The van der Waals surface area contributed by atoms with Gasteiger partial charge < -0.3 is 4.74 Å². The molecule has 0 fully saturated rings. The number of nitrogens with one attached hydrogen (secondary N) is 1. The lowest BCUT2D eigenvalue weighted by molar-refractivity contribution is 0.401. The van der Waals surface area contributed by atoms with E-state index in [1.165, 1.54) is 16.8 Å². The number of benzene rings is 1. The van der Waals surface area contributed by atoms with Gasteiger partial charge in [-0.2, -0.15) is 0 Å². The molecule has 0 bridgehead atoms. The number of fused-ring (bicyclic) bond motifs is 1. The molecule has 0 aliphatic carbocycles. The van der Waals surface area contributed by atoms with Crippen LogP contribution < -0.4 is 16.0 Å². The number of aromatic amines is 1. The van der Waals surface area contributed by atoms with Crippen LogP contribution in [0.15, 0.2) is 40.1 Å². The number of ether oxygens (including phenoxy) is 1. The highest BCUT2D eigenvalue weighted by Crippen LogP contribution is 2.39. The Morgan fingerprint density at radius 2 is 1.92 bits per heavy atom. The van der Waals surface area contributed by atoms with E-state index in [-0.39, 0.29) is 5.41 Å². The molecule has 25 heavy (non-hydrogen) atoms. The molecule has 0 unspecified atom stereocenters. The molecule has 7 heteroatoms. The normalized spacial score (nSPS) is 11.7. The van der Waals surface area contributed by atoms with E-state index in [9.17, 15) is 9.59 Å². The summed E-state index contributed by atoms with van der Waals surface area (Å²) in [5.41, 5.74) is 0.821. The molecule has 0 aliphatic heterocycles. The number of pyridine rings is 1. The molecule has 1 aromatic carbocycles. The molecule has 0 aliphatic rings. The third-order valence-electron chi connectivity index (χ3n) is 3.97. The van der Waals surface area contributed by atoms with E-state index in [0.29, 0.717) is 27.5 Å². The lowest BCUT2D eigenvalue weighted by Gasteiger charge is -2.24. The fourth-order valence-corrected chi connectivity index (χ4v) is 2.94. The minimum atomic E-state index is -0.520. The van der Waals surface area contributed by atoms with Gasteiger partial charge in [0.1, 0.15) is 16.4 Å². The van der Waals surface area contributed by atoms with Crippen LogP contribution in [0.2, 0.25) is 5.15 Å². The largest absolute Gasteiger partial charge is 0.494 e. The smallest absolute Gasteiger partial charge is 0.332 e. The molecule has 0 amide bonds. The fourth-order valence-electron chi connectivity index (χ4n) is 2.79. The van der Waals surface area contributed by atoms with E-state index in [2.05, 4.69) is 9.97 Å². The number of nitrogens with zero attached hydrogens (tertiary/aromatic N) is 2. The van der Waals surface area contributed by atoms with Crippen LogP contribution in [0.3, 0.4) is 0 Å². The molecular formula is C18H18ClN3O3. The Morgan fingerprint density at radius 3 is 2.52 bits per heavy atom. The number of methoxy groups -OCH3 is 1. The molecule has 2 aromatic heterocycles. The number of hydrogen-bond donors (Lipinski definition) is 1. The molecular weight excluding hydrogens is 342 g/mol. The van der Waals surface area contributed by atoms with Crippen molar-refractivity contribution >= 4 is 22.5 Å². The first-order valence-corrected chi connectivity index (χ1v) is 8.10. The second-order valence-corrected chi connectivity index (χ2v) is 7.12. The first kappa shape index (κ1) is 17.2. The van der Waals surface area contributed by atoms with Gasteiger partial charge in [0, 0.05) is 23.2 Å². The average molecular weight is 360 g/mol. The van der Waals surface area contributed by atoms with Crippen molar-refractivity contribution in [3.8, 4) is 11.4 Å². The number of halogens is 1. The predicted molar refractivity (Wildman–Crippen MR) is 98.2 cm³/mol. The van der Waals surface area contributed by atoms with Crippen molar-refractivity contribution in [1.82, 2.24) is 14.5 Å². The summed E-state index contributed by atoms with van der Waals surface area (Å²) < 4.78 is 7.00. The average Bonchev–Trinajstić information content (AvgIpc) is 2.52. The Labute approximate surface area is 149 Å². The van der Waals surface area contributed by atoms with E-state index >= 15 is 0 Å². The maximum atomic E-state index is 12.3. The summed E-state index contributed by atoms with van der Waals surface area (Å²) in [7, 11) is 1.58. The molecule has 0 saturated carbocycles. The van der Waals surface area contributed by atoms with Crippen molar-refractivity contribution in [3.05, 3.63) is 62.0 Å². The van der Waals surface area contributed by atoms with Crippen LogP contribution in [0.5, 0.6) is 5.75 Å². The van der Waals surface area contributed by atoms with Gasteiger partial charge in [0.2, 0.25) is 0 Å². The molecule has 130 valence electrons. The number of H-pyrrole nitrogens is 1. The van der Waals surface area contributed by atoms with Crippen molar-refractivity contribution in [2.45, 2.75) is 26.2 Å². The van der Waals surface area contributed by atoms with Gasteiger partial charge in [-0.05, 0) is 23.6 Å². The SMILES string of the molecule is COc1c(C(C)(C)C)cc(-n2ccc(=O)[nH]c2=O)c2ccc(Cl)nc12.